The molecular weight excluding hydrogens is 324 g/mol. The van der Waals surface area contributed by atoms with Crippen LogP contribution in [0.5, 0.6) is 11.5 Å². The molecule has 4 heteroatoms. The van der Waals surface area contributed by atoms with E-state index in [9.17, 15) is 0 Å². The van der Waals surface area contributed by atoms with Gasteiger partial charge in [0.25, 0.3) is 0 Å². The van der Waals surface area contributed by atoms with Gasteiger partial charge in [-0.15, -0.1) is 0 Å². The number of hydrogen-bond acceptors (Lipinski definition) is 4. The topological polar surface area (TPSA) is 66.0 Å². The van der Waals surface area contributed by atoms with Crippen LogP contribution in [0, 0.1) is 22.7 Å². The molecule has 0 saturated heterocycles. The Balaban J connectivity index is 2.09. The molecule has 1 atom stereocenters. The van der Waals surface area contributed by atoms with E-state index in [1.807, 2.05) is 38.1 Å². The smallest absolute Gasteiger partial charge is 0.120 e. The Morgan fingerprint density at radius 1 is 0.769 bits per heavy atom. The lowest BCUT2D eigenvalue weighted by atomic mass is 9.88. The molecule has 0 spiro atoms. The normalized spacial score (nSPS) is 13.2. The van der Waals surface area contributed by atoms with E-state index in [2.05, 4.69) is 26.0 Å². The predicted octanol–water partition coefficient (Wildman–Crippen LogP) is 5.23. The molecule has 0 saturated carbocycles. The summed E-state index contributed by atoms with van der Waals surface area (Å²) in [6, 6.07) is 18.5. The highest BCUT2D eigenvalue weighted by molar-refractivity contribution is 5.35. The van der Waals surface area contributed by atoms with E-state index < -0.39 is 11.2 Å². The molecule has 2 aromatic rings. The lowest BCUT2D eigenvalue weighted by Crippen LogP contribution is -2.43. The van der Waals surface area contributed by atoms with Crippen molar-refractivity contribution >= 4 is 0 Å². The van der Waals surface area contributed by atoms with Gasteiger partial charge in [0, 0.05) is 6.42 Å². The number of benzene rings is 2. The third-order valence-electron chi connectivity index (χ3n) is 4.27. The molecule has 0 bridgehead atoms. The van der Waals surface area contributed by atoms with Gasteiger partial charge in [-0.2, -0.15) is 10.5 Å². The van der Waals surface area contributed by atoms with Crippen LogP contribution in [-0.2, 0) is 0 Å². The second-order valence-electron chi connectivity index (χ2n) is 7.22. The summed E-state index contributed by atoms with van der Waals surface area (Å²) < 4.78 is 12.4. The number of nitrogens with zero attached hydrogens (tertiary/aromatic N) is 2. The summed E-state index contributed by atoms with van der Waals surface area (Å²) in [5.74, 6) is 1.47. The molecule has 0 aliphatic rings. The Hall–Kier alpha value is -2.98. The van der Waals surface area contributed by atoms with Crippen LogP contribution in [0.25, 0.3) is 0 Å². The molecule has 0 fully saturated rings. The van der Waals surface area contributed by atoms with Crippen molar-refractivity contribution in [1.82, 2.24) is 0 Å². The van der Waals surface area contributed by atoms with Crippen LogP contribution in [0.1, 0.15) is 51.7 Å². The van der Waals surface area contributed by atoms with E-state index in [1.54, 1.807) is 24.3 Å². The third kappa shape index (κ3) is 5.26. The number of nitriles is 2. The first-order chi connectivity index (χ1) is 12.3. The van der Waals surface area contributed by atoms with Crippen LogP contribution in [0.3, 0.4) is 0 Å². The lowest BCUT2D eigenvalue weighted by molar-refractivity contribution is -0.00806. The van der Waals surface area contributed by atoms with E-state index in [0.29, 0.717) is 17.5 Å². The first-order valence-electron chi connectivity index (χ1n) is 8.67. The van der Waals surface area contributed by atoms with Gasteiger partial charge >= 0.3 is 0 Å². The Kier molecular flexibility index (Phi) is 5.90. The summed E-state index contributed by atoms with van der Waals surface area (Å²) in [7, 11) is 0. The first kappa shape index (κ1) is 19.3. The molecule has 0 N–H and O–H groups in total. The largest absolute Gasteiger partial charge is 0.488 e. The van der Waals surface area contributed by atoms with Gasteiger partial charge in [0.2, 0.25) is 0 Å². The molecule has 0 aliphatic heterocycles. The Morgan fingerprint density at radius 3 is 1.58 bits per heavy atom. The van der Waals surface area contributed by atoms with Crippen molar-refractivity contribution < 1.29 is 9.47 Å². The van der Waals surface area contributed by atoms with E-state index in [0.717, 1.165) is 17.9 Å². The van der Waals surface area contributed by atoms with E-state index in [1.165, 1.54) is 0 Å². The fraction of sp³-hybridized carbons (Fsp3) is 0.364. The van der Waals surface area contributed by atoms with Crippen LogP contribution in [0.15, 0.2) is 48.5 Å². The third-order valence-corrected chi connectivity index (χ3v) is 4.27. The van der Waals surface area contributed by atoms with Gasteiger partial charge in [-0.05, 0) is 75.7 Å². The van der Waals surface area contributed by atoms with Crippen LogP contribution in [0.4, 0.5) is 0 Å². The fourth-order valence-electron chi connectivity index (χ4n) is 2.97. The number of rotatable bonds is 7. The Morgan fingerprint density at radius 2 is 1.19 bits per heavy atom. The average molecular weight is 348 g/mol. The minimum Gasteiger partial charge on any atom is -0.488 e. The van der Waals surface area contributed by atoms with E-state index in [-0.39, 0.29) is 0 Å². The molecule has 0 heterocycles. The molecule has 0 aromatic heterocycles. The van der Waals surface area contributed by atoms with E-state index >= 15 is 0 Å². The van der Waals surface area contributed by atoms with Crippen molar-refractivity contribution in [3.05, 3.63) is 59.7 Å². The molecule has 2 rings (SSSR count). The predicted molar refractivity (Wildman–Crippen MR) is 101 cm³/mol. The summed E-state index contributed by atoms with van der Waals surface area (Å²) in [5.41, 5.74) is 0.355. The highest BCUT2D eigenvalue weighted by Gasteiger charge is 2.34. The summed E-state index contributed by atoms with van der Waals surface area (Å²) in [6.07, 6.45) is 1.49. The maximum Gasteiger partial charge on any atom is 0.120 e. The maximum atomic E-state index is 8.91. The van der Waals surface area contributed by atoms with Gasteiger partial charge in [-0.25, -0.2) is 0 Å². The SMILES string of the molecule is CCC(C)(CC(C)(C)Oc1ccc(C#N)cc1)Oc1ccc(C#N)cc1. The van der Waals surface area contributed by atoms with Gasteiger partial charge in [-0.1, -0.05) is 6.92 Å². The fourth-order valence-corrected chi connectivity index (χ4v) is 2.97. The quantitative estimate of drug-likeness (QED) is 0.687. The Bertz CT molecular complexity index is 811. The highest BCUT2D eigenvalue weighted by atomic mass is 16.5. The molecule has 134 valence electrons. The monoisotopic (exact) mass is 348 g/mol. The van der Waals surface area contributed by atoms with Gasteiger partial charge in [0.1, 0.15) is 22.7 Å². The van der Waals surface area contributed by atoms with Crippen molar-refractivity contribution in [2.45, 2.75) is 51.7 Å². The zero-order valence-electron chi connectivity index (χ0n) is 15.7. The van der Waals surface area contributed by atoms with Crippen LogP contribution in [-0.4, -0.2) is 11.2 Å². The number of hydrogen-bond donors (Lipinski definition) is 0. The Labute approximate surface area is 155 Å². The molecule has 0 radical (unpaired) electrons. The molecule has 0 amide bonds. The van der Waals surface area contributed by atoms with Crippen LogP contribution in [0.2, 0.25) is 0 Å². The van der Waals surface area contributed by atoms with Crippen LogP contribution >= 0.6 is 0 Å². The van der Waals surface area contributed by atoms with Gasteiger partial charge in [0.05, 0.1) is 23.3 Å². The standard InChI is InChI=1S/C22H24N2O2/c1-5-22(4,26-20-12-8-18(15-24)9-13-20)16-21(2,3)25-19-10-6-17(14-23)7-11-19/h6-13H,5,16H2,1-4H3. The number of ether oxygens (including phenoxy) is 2. The van der Waals surface area contributed by atoms with Crippen molar-refractivity contribution in [1.29, 1.82) is 10.5 Å². The minimum atomic E-state index is -0.453. The van der Waals surface area contributed by atoms with Crippen molar-refractivity contribution in [3.63, 3.8) is 0 Å². The second-order valence-corrected chi connectivity index (χ2v) is 7.22. The zero-order chi connectivity index (χ0) is 19.2. The van der Waals surface area contributed by atoms with Gasteiger partial charge < -0.3 is 9.47 Å². The molecule has 0 aliphatic carbocycles. The van der Waals surface area contributed by atoms with Gasteiger partial charge in [-0.3, -0.25) is 0 Å². The lowest BCUT2D eigenvalue weighted by Gasteiger charge is -2.37. The molecule has 4 nitrogen and oxygen atoms in total. The molecule has 26 heavy (non-hydrogen) atoms. The van der Waals surface area contributed by atoms with Crippen molar-refractivity contribution in [3.8, 4) is 23.6 Å². The molecule has 2 aromatic carbocycles. The van der Waals surface area contributed by atoms with Crippen LogP contribution < -0.4 is 9.47 Å². The summed E-state index contributed by atoms with van der Waals surface area (Å²) in [5, 5.41) is 17.8. The minimum absolute atomic E-state index is 0.412. The summed E-state index contributed by atoms with van der Waals surface area (Å²) >= 11 is 0. The maximum absolute atomic E-state index is 8.91. The second kappa shape index (κ2) is 7.93. The molecule has 1 unspecified atom stereocenters. The van der Waals surface area contributed by atoms with Gasteiger partial charge in [0.15, 0.2) is 0 Å². The van der Waals surface area contributed by atoms with Crippen molar-refractivity contribution in [2.75, 3.05) is 0 Å². The summed E-state index contributed by atoms with van der Waals surface area (Å²) in [6.45, 7) is 8.21. The average Bonchev–Trinajstić information content (AvgIpc) is 2.62. The molecular formula is C22H24N2O2. The zero-order valence-corrected chi connectivity index (χ0v) is 15.7. The first-order valence-corrected chi connectivity index (χ1v) is 8.67. The van der Waals surface area contributed by atoms with Crippen molar-refractivity contribution in [2.24, 2.45) is 0 Å². The van der Waals surface area contributed by atoms with E-state index in [4.69, 9.17) is 20.0 Å². The highest BCUT2D eigenvalue weighted by Crippen LogP contribution is 2.32. The summed E-state index contributed by atoms with van der Waals surface area (Å²) in [4.78, 5) is 0.